The van der Waals surface area contributed by atoms with Crippen molar-refractivity contribution >= 4 is 29.1 Å². The molecular formula is C19H17ClF3N3O2. The van der Waals surface area contributed by atoms with Crippen molar-refractivity contribution in [3.05, 3.63) is 64.7 Å². The van der Waals surface area contributed by atoms with E-state index in [0.717, 1.165) is 12.1 Å². The summed E-state index contributed by atoms with van der Waals surface area (Å²) in [7, 11) is 0. The van der Waals surface area contributed by atoms with Crippen LogP contribution in [0.1, 0.15) is 17.2 Å². The molecular weight excluding hydrogens is 395 g/mol. The lowest BCUT2D eigenvalue weighted by Gasteiger charge is -2.33. The molecule has 0 aliphatic carbocycles. The van der Waals surface area contributed by atoms with Gasteiger partial charge in [0.2, 0.25) is 11.8 Å². The molecule has 3 rings (SSSR count). The Labute approximate surface area is 164 Å². The molecule has 0 spiro atoms. The van der Waals surface area contributed by atoms with Crippen LogP contribution in [0.25, 0.3) is 0 Å². The van der Waals surface area contributed by atoms with Crippen molar-refractivity contribution in [2.75, 3.05) is 25.0 Å². The normalized spacial score (nSPS) is 16.4. The number of carbonyl (C=O) groups is 2. The molecule has 9 heteroatoms. The van der Waals surface area contributed by atoms with E-state index in [2.05, 4.69) is 10.6 Å². The van der Waals surface area contributed by atoms with E-state index in [1.807, 2.05) is 0 Å². The molecule has 1 heterocycles. The van der Waals surface area contributed by atoms with Gasteiger partial charge in [-0.25, -0.2) is 0 Å². The van der Waals surface area contributed by atoms with Gasteiger partial charge in [-0.2, -0.15) is 13.2 Å². The molecule has 1 aliphatic heterocycles. The minimum Gasteiger partial charge on any atom is -0.354 e. The minimum atomic E-state index is -4.68. The van der Waals surface area contributed by atoms with E-state index >= 15 is 0 Å². The van der Waals surface area contributed by atoms with E-state index in [-0.39, 0.29) is 23.2 Å². The maximum atomic E-state index is 13.3. The van der Waals surface area contributed by atoms with Gasteiger partial charge in [0, 0.05) is 18.1 Å². The van der Waals surface area contributed by atoms with Crippen LogP contribution in [-0.2, 0) is 15.8 Å². The first-order chi connectivity index (χ1) is 13.3. The van der Waals surface area contributed by atoms with Gasteiger partial charge in [0.1, 0.15) is 6.04 Å². The highest BCUT2D eigenvalue weighted by Gasteiger charge is 2.36. The molecule has 1 fully saturated rings. The third-order valence-electron chi connectivity index (χ3n) is 4.34. The van der Waals surface area contributed by atoms with E-state index in [1.165, 1.54) is 6.07 Å². The van der Waals surface area contributed by atoms with Crippen molar-refractivity contribution in [3.63, 3.8) is 0 Å². The predicted molar refractivity (Wildman–Crippen MR) is 98.8 cm³/mol. The van der Waals surface area contributed by atoms with Gasteiger partial charge in [0.25, 0.3) is 0 Å². The Morgan fingerprint density at radius 3 is 2.54 bits per heavy atom. The first-order valence-electron chi connectivity index (χ1n) is 8.49. The highest BCUT2D eigenvalue weighted by atomic mass is 35.5. The van der Waals surface area contributed by atoms with Crippen LogP contribution in [0.3, 0.4) is 0 Å². The largest absolute Gasteiger partial charge is 0.418 e. The summed E-state index contributed by atoms with van der Waals surface area (Å²) in [6.45, 7) is 0.718. The van der Waals surface area contributed by atoms with Crippen molar-refractivity contribution < 1.29 is 22.8 Å². The van der Waals surface area contributed by atoms with E-state index in [0.29, 0.717) is 18.7 Å². The average molecular weight is 412 g/mol. The SMILES string of the molecule is O=C1CN([C@@H](C(=O)Nc2ccc(Cl)cc2C(F)(F)F)c2ccccc2)CCN1. The maximum Gasteiger partial charge on any atom is 0.418 e. The molecule has 2 N–H and O–H groups in total. The number of anilines is 1. The number of rotatable bonds is 4. The van der Waals surface area contributed by atoms with Crippen molar-refractivity contribution in [1.29, 1.82) is 0 Å². The average Bonchev–Trinajstić information content (AvgIpc) is 2.63. The molecule has 0 bridgehead atoms. The molecule has 2 aromatic rings. The van der Waals surface area contributed by atoms with Crippen LogP contribution in [-0.4, -0.2) is 36.3 Å². The number of nitrogens with zero attached hydrogens (tertiary/aromatic N) is 1. The van der Waals surface area contributed by atoms with Crippen LogP contribution in [0.4, 0.5) is 18.9 Å². The molecule has 28 heavy (non-hydrogen) atoms. The van der Waals surface area contributed by atoms with Crippen LogP contribution in [0.15, 0.2) is 48.5 Å². The van der Waals surface area contributed by atoms with Crippen molar-refractivity contribution in [1.82, 2.24) is 10.2 Å². The smallest absolute Gasteiger partial charge is 0.354 e. The highest BCUT2D eigenvalue weighted by Crippen LogP contribution is 2.37. The van der Waals surface area contributed by atoms with E-state index in [1.54, 1.807) is 35.2 Å². The second kappa shape index (κ2) is 8.20. The summed E-state index contributed by atoms with van der Waals surface area (Å²) in [5, 5.41) is 4.94. The minimum absolute atomic E-state index is 0.0280. The summed E-state index contributed by atoms with van der Waals surface area (Å²) in [5.41, 5.74) is -0.835. The molecule has 2 amide bonds. The quantitative estimate of drug-likeness (QED) is 0.810. The third kappa shape index (κ3) is 4.63. The van der Waals surface area contributed by atoms with Gasteiger partial charge in [0.15, 0.2) is 0 Å². The second-order valence-electron chi connectivity index (χ2n) is 6.31. The lowest BCUT2D eigenvalue weighted by atomic mass is 10.0. The highest BCUT2D eigenvalue weighted by molar-refractivity contribution is 6.30. The van der Waals surface area contributed by atoms with Gasteiger partial charge < -0.3 is 10.6 Å². The summed E-state index contributed by atoms with van der Waals surface area (Å²) >= 11 is 5.69. The fourth-order valence-corrected chi connectivity index (χ4v) is 3.28. The number of nitrogens with one attached hydrogen (secondary N) is 2. The molecule has 0 saturated carbocycles. The zero-order valence-corrected chi connectivity index (χ0v) is 15.3. The van der Waals surface area contributed by atoms with Gasteiger partial charge in [-0.15, -0.1) is 0 Å². The molecule has 0 radical (unpaired) electrons. The van der Waals surface area contributed by atoms with Crippen molar-refractivity contribution in [3.8, 4) is 0 Å². The Kier molecular flexibility index (Phi) is 5.90. The van der Waals surface area contributed by atoms with Gasteiger partial charge >= 0.3 is 6.18 Å². The first-order valence-corrected chi connectivity index (χ1v) is 8.87. The number of hydrogen-bond acceptors (Lipinski definition) is 3. The Balaban J connectivity index is 1.94. The Bertz CT molecular complexity index is 874. The van der Waals surface area contributed by atoms with Crippen molar-refractivity contribution in [2.24, 2.45) is 0 Å². The molecule has 1 saturated heterocycles. The predicted octanol–water partition coefficient (Wildman–Crippen LogP) is 3.47. The molecule has 1 atom stereocenters. The monoisotopic (exact) mass is 411 g/mol. The number of piperazine rings is 1. The number of amides is 2. The second-order valence-corrected chi connectivity index (χ2v) is 6.75. The zero-order valence-electron chi connectivity index (χ0n) is 14.6. The molecule has 0 unspecified atom stereocenters. The molecule has 1 aliphatic rings. The van der Waals surface area contributed by atoms with Crippen LogP contribution < -0.4 is 10.6 Å². The standard InChI is InChI=1S/C19H17ClF3N3O2/c20-13-6-7-15(14(10-13)19(21,22)23)25-18(28)17(12-4-2-1-3-5-12)26-9-8-24-16(27)11-26/h1-7,10,17H,8-9,11H2,(H,24,27)(H,25,28)/t17-/m1/s1. The summed E-state index contributed by atoms with van der Waals surface area (Å²) in [5.74, 6) is -0.906. The maximum absolute atomic E-state index is 13.3. The van der Waals surface area contributed by atoms with Crippen LogP contribution in [0.5, 0.6) is 0 Å². The van der Waals surface area contributed by atoms with Gasteiger partial charge in [0.05, 0.1) is 17.8 Å². The van der Waals surface area contributed by atoms with Crippen LogP contribution in [0, 0.1) is 0 Å². The van der Waals surface area contributed by atoms with Gasteiger partial charge in [-0.1, -0.05) is 41.9 Å². The fourth-order valence-electron chi connectivity index (χ4n) is 3.10. The van der Waals surface area contributed by atoms with Gasteiger partial charge in [-0.05, 0) is 23.8 Å². The van der Waals surface area contributed by atoms with Gasteiger partial charge in [-0.3, -0.25) is 14.5 Å². The number of carbonyl (C=O) groups excluding carboxylic acids is 2. The van der Waals surface area contributed by atoms with Crippen LogP contribution >= 0.6 is 11.6 Å². The van der Waals surface area contributed by atoms with E-state index in [9.17, 15) is 22.8 Å². The summed E-state index contributed by atoms with van der Waals surface area (Å²) in [6.07, 6.45) is -4.68. The van der Waals surface area contributed by atoms with Crippen molar-refractivity contribution in [2.45, 2.75) is 12.2 Å². The zero-order chi connectivity index (χ0) is 20.3. The molecule has 148 valence electrons. The Morgan fingerprint density at radius 2 is 1.89 bits per heavy atom. The van der Waals surface area contributed by atoms with E-state index in [4.69, 9.17) is 11.6 Å². The summed E-state index contributed by atoms with van der Waals surface area (Å²) < 4.78 is 40.0. The molecule has 0 aromatic heterocycles. The number of alkyl halides is 3. The lowest BCUT2D eigenvalue weighted by molar-refractivity contribution is -0.137. The molecule has 2 aromatic carbocycles. The summed E-state index contributed by atoms with van der Waals surface area (Å²) in [4.78, 5) is 26.4. The Hall–Kier alpha value is -2.58. The topological polar surface area (TPSA) is 61.4 Å². The first kappa shape index (κ1) is 20.2. The van der Waals surface area contributed by atoms with E-state index < -0.39 is 23.7 Å². The lowest BCUT2D eigenvalue weighted by Crippen LogP contribution is -2.51. The number of halogens is 4. The number of benzene rings is 2. The third-order valence-corrected chi connectivity index (χ3v) is 4.58. The fraction of sp³-hybridized carbons (Fsp3) is 0.263. The Morgan fingerprint density at radius 1 is 1.18 bits per heavy atom. The summed E-state index contributed by atoms with van der Waals surface area (Å²) in [6, 6.07) is 10.9. The number of hydrogen-bond donors (Lipinski definition) is 2. The van der Waals surface area contributed by atoms with Crippen LogP contribution in [0.2, 0.25) is 5.02 Å². The molecule has 5 nitrogen and oxygen atoms in total.